The molecule has 2 heterocycles. The van der Waals surface area contributed by atoms with Gasteiger partial charge in [0.2, 0.25) is 0 Å². The van der Waals surface area contributed by atoms with Gasteiger partial charge < -0.3 is 14.2 Å². The van der Waals surface area contributed by atoms with Crippen LogP contribution in [-0.2, 0) is 21.1 Å². The molecule has 0 saturated heterocycles. The largest absolute Gasteiger partial charge is 0.511 e. The van der Waals surface area contributed by atoms with Crippen molar-refractivity contribution < 1.29 is 34.5 Å². The Bertz CT molecular complexity index is 1640. The van der Waals surface area contributed by atoms with E-state index < -0.39 is 18.1 Å². The fourth-order valence-electron chi connectivity index (χ4n) is 5.09. The molecule has 0 saturated carbocycles. The molecule has 3 aromatic carbocycles. The summed E-state index contributed by atoms with van der Waals surface area (Å²) in [5, 5.41) is 4.69. The molecule has 0 amide bonds. The van der Waals surface area contributed by atoms with Crippen molar-refractivity contribution >= 4 is 12.0 Å². The van der Waals surface area contributed by atoms with Crippen LogP contribution >= 0.6 is 0 Å². The van der Waals surface area contributed by atoms with Crippen LogP contribution in [0.3, 0.4) is 0 Å². The van der Waals surface area contributed by atoms with Crippen LogP contribution in [0.5, 0.6) is 11.5 Å². The van der Waals surface area contributed by atoms with E-state index in [2.05, 4.69) is 70.6 Å². The Morgan fingerprint density at radius 3 is 1.98 bits per heavy atom. The van der Waals surface area contributed by atoms with Crippen LogP contribution in [0.25, 0.3) is 16.8 Å². The van der Waals surface area contributed by atoms with E-state index in [0.717, 1.165) is 11.3 Å². The minimum Gasteiger partial charge on any atom is -0.511 e. The first-order valence-electron chi connectivity index (χ1n) is 15.4. The quantitative estimate of drug-likeness (QED) is 0.142. The number of aromatic nitrogens is 2. The molecular weight excluding hydrogens is 687 g/mol. The molecule has 1 aromatic heterocycles. The van der Waals surface area contributed by atoms with Crippen molar-refractivity contribution in [2.75, 3.05) is 11.9 Å². The van der Waals surface area contributed by atoms with Crippen molar-refractivity contribution in [1.82, 2.24) is 9.78 Å². The first-order valence-corrected chi connectivity index (χ1v) is 13.9. The average molecular weight is 731 g/mol. The van der Waals surface area contributed by atoms with Gasteiger partial charge in [0.15, 0.2) is 0 Å². The monoisotopic (exact) mass is 730 g/mol. The second-order valence-electron chi connectivity index (χ2n) is 12.1. The Morgan fingerprint density at radius 1 is 0.854 bits per heavy atom. The van der Waals surface area contributed by atoms with Crippen LogP contribution in [0.15, 0.2) is 67.0 Å². The van der Waals surface area contributed by atoms with Crippen molar-refractivity contribution in [3.63, 3.8) is 0 Å². The van der Waals surface area contributed by atoms with Gasteiger partial charge in [-0.05, 0) is 67.7 Å². The maximum atomic E-state index is 8.03. The first-order chi connectivity index (χ1) is 20.1. The molecular formula is C35H40N4OPt-2. The minimum atomic E-state index is -2.32. The Hall–Kier alpha value is -3.17. The van der Waals surface area contributed by atoms with Crippen LogP contribution in [0.1, 0.15) is 82.5 Å². The maximum absolute atomic E-state index is 8.03. The standard InChI is InChI=1S/C35H40N4O.Pt/c1-24(2)31-17-12-18-32(25(3)4)33(31)26-21-36-39(22-26)28-14-11-16-30(20-28)40-29-15-10-13-27(19-29)38-23-37(9)34(5,6)35(38,7)8;/h10-18,21-22,24-25H,1-9H3;/q-2;/i9D3;. The summed E-state index contributed by atoms with van der Waals surface area (Å²) in [5.74, 6) is 1.78. The smallest absolute Gasteiger partial charge is 0.130 e. The summed E-state index contributed by atoms with van der Waals surface area (Å²) in [7, 11) is 0. The molecule has 218 valence electrons. The Kier molecular flexibility index (Phi) is 7.56. The number of likely N-dealkylation sites (N-methyl/N-ethyl adjacent to an activating group) is 1. The normalized spacial score (nSPS) is 17.1. The molecule has 0 bridgehead atoms. The molecule has 4 aromatic rings. The first kappa shape index (κ1) is 26.7. The molecule has 0 N–H and O–H groups in total. The zero-order valence-corrected chi connectivity index (χ0v) is 27.3. The number of nitrogens with zero attached hydrogens (tertiary/aromatic N) is 4. The number of hydrogen-bond donors (Lipinski definition) is 0. The van der Waals surface area contributed by atoms with E-state index in [1.165, 1.54) is 21.3 Å². The van der Waals surface area contributed by atoms with E-state index in [1.807, 2.05) is 79.9 Å². The fourth-order valence-corrected chi connectivity index (χ4v) is 5.09. The molecule has 1 aliphatic rings. The number of anilines is 1. The predicted molar refractivity (Wildman–Crippen MR) is 163 cm³/mol. The average Bonchev–Trinajstić information content (AvgIpc) is 3.49. The third kappa shape index (κ3) is 5.66. The number of hydrogen-bond acceptors (Lipinski definition) is 3. The summed E-state index contributed by atoms with van der Waals surface area (Å²) in [5.41, 5.74) is 5.07. The van der Waals surface area contributed by atoms with E-state index in [4.69, 9.17) is 13.9 Å². The van der Waals surface area contributed by atoms with E-state index in [0.29, 0.717) is 29.0 Å². The second-order valence-corrected chi connectivity index (χ2v) is 12.1. The Balaban J connectivity index is 0.00000442. The fraction of sp³-hybridized carbons (Fsp3) is 0.371. The van der Waals surface area contributed by atoms with Crippen LogP contribution in [-0.4, -0.2) is 38.7 Å². The van der Waals surface area contributed by atoms with Crippen LogP contribution in [0.2, 0.25) is 0 Å². The molecule has 0 aliphatic carbocycles. The zero-order valence-electron chi connectivity index (χ0n) is 28.0. The third-order valence-electron chi connectivity index (χ3n) is 8.27. The summed E-state index contributed by atoms with van der Waals surface area (Å²) in [6, 6.07) is 24.5. The Morgan fingerprint density at radius 2 is 1.41 bits per heavy atom. The van der Waals surface area contributed by atoms with Gasteiger partial charge in [0.05, 0.1) is 17.3 Å². The van der Waals surface area contributed by atoms with Crippen molar-refractivity contribution in [3.8, 4) is 28.3 Å². The number of benzene rings is 3. The van der Waals surface area contributed by atoms with E-state index in [1.54, 1.807) is 0 Å². The second kappa shape index (κ2) is 11.6. The van der Waals surface area contributed by atoms with Gasteiger partial charge in [0.25, 0.3) is 0 Å². The van der Waals surface area contributed by atoms with Gasteiger partial charge in [-0.1, -0.05) is 45.9 Å². The summed E-state index contributed by atoms with van der Waals surface area (Å²) < 4.78 is 33.4. The summed E-state index contributed by atoms with van der Waals surface area (Å²) in [6.45, 7) is 14.4. The van der Waals surface area contributed by atoms with Gasteiger partial charge in [-0.3, -0.25) is 4.68 Å². The van der Waals surface area contributed by atoms with Gasteiger partial charge in [0, 0.05) is 38.6 Å². The van der Waals surface area contributed by atoms with E-state index in [9.17, 15) is 0 Å². The maximum Gasteiger partial charge on any atom is 0.130 e. The molecule has 0 fully saturated rings. The van der Waals surface area contributed by atoms with Crippen molar-refractivity contribution in [3.05, 3.63) is 90.3 Å². The van der Waals surface area contributed by atoms with Crippen molar-refractivity contribution in [2.24, 2.45) is 0 Å². The van der Waals surface area contributed by atoms with Gasteiger partial charge >= 0.3 is 0 Å². The van der Waals surface area contributed by atoms with Gasteiger partial charge in [0.1, 0.15) is 17.4 Å². The van der Waals surface area contributed by atoms with Crippen molar-refractivity contribution in [2.45, 2.75) is 78.3 Å². The summed E-state index contributed by atoms with van der Waals surface area (Å²) >= 11 is 0. The molecule has 1 aliphatic heterocycles. The SMILES string of the molecule is [2H]C([2H])([2H])[N+]1=[C-]N(c2[c-]c(Oc3[c-]c(-n4cc(-c5c(C(C)C)cccc5C(C)C)cn4)ccc3)ccc2)C(C)(C)C1(C)C.[Pt]. The van der Waals surface area contributed by atoms with Crippen LogP contribution < -0.4 is 9.64 Å². The molecule has 0 radical (unpaired) electrons. The van der Waals surface area contributed by atoms with Crippen molar-refractivity contribution in [1.29, 1.82) is 0 Å². The third-order valence-corrected chi connectivity index (χ3v) is 8.27. The Labute approximate surface area is 264 Å². The topological polar surface area (TPSA) is 33.3 Å². The van der Waals surface area contributed by atoms with E-state index >= 15 is 0 Å². The minimum absolute atomic E-state index is 0. The molecule has 5 rings (SSSR count). The molecule has 0 spiro atoms. The van der Waals surface area contributed by atoms with E-state index in [-0.39, 0.29) is 21.1 Å². The zero-order chi connectivity index (χ0) is 31.3. The molecule has 5 nitrogen and oxygen atoms in total. The number of rotatable bonds is 7. The van der Waals surface area contributed by atoms with Gasteiger partial charge in [-0.2, -0.15) is 23.3 Å². The molecule has 0 atom stereocenters. The van der Waals surface area contributed by atoms with Gasteiger partial charge in [-0.15, -0.1) is 30.0 Å². The number of ether oxygens (including phenoxy) is 1. The molecule has 41 heavy (non-hydrogen) atoms. The summed E-state index contributed by atoms with van der Waals surface area (Å²) in [6.07, 6.45) is 7.05. The molecule has 0 unspecified atom stereocenters. The summed E-state index contributed by atoms with van der Waals surface area (Å²) in [4.78, 5) is 1.83. The molecule has 6 heteroatoms. The van der Waals surface area contributed by atoms with Crippen LogP contribution in [0.4, 0.5) is 5.69 Å². The van der Waals surface area contributed by atoms with Crippen LogP contribution in [0, 0.1) is 12.1 Å². The predicted octanol–water partition coefficient (Wildman–Crippen LogP) is 8.10. The van der Waals surface area contributed by atoms with Gasteiger partial charge in [-0.25, -0.2) is 6.07 Å².